The summed E-state index contributed by atoms with van der Waals surface area (Å²) in [6, 6.07) is 9.58. The van der Waals surface area contributed by atoms with E-state index in [0.717, 1.165) is 36.5 Å². The van der Waals surface area contributed by atoms with E-state index in [4.69, 9.17) is 0 Å². The number of aromatic amines is 1. The molecule has 0 unspecified atom stereocenters. The first-order valence-corrected chi connectivity index (χ1v) is 7.03. The van der Waals surface area contributed by atoms with Crippen molar-refractivity contribution < 1.29 is 0 Å². The van der Waals surface area contributed by atoms with Crippen LogP contribution in [0.1, 0.15) is 37.9 Å². The molecule has 106 valence electrons. The minimum Gasteiger partial charge on any atom is -0.295 e. The maximum Gasteiger partial charge on any atom is 0.280 e. The molecule has 0 aliphatic heterocycles. The van der Waals surface area contributed by atoms with Gasteiger partial charge in [0, 0.05) is 18.0 Å². The van der Waals surface area contributed by atoms with Crippen molar-refractivity contribution in [1.29, 1.82) is 0 Å². The van der Waals surface area contributed by atoms with Crippen molar-refractivity contribution in [2.24, 2.45) is 4.99 Å². The number of H-pyrrole nitrogens is 1. The number of aliphatic imine (C=N–C) groups is 1. The smallest absolute Gasteiger partial charge is 0.280 e. The number of hydrogen-bond acceptors (Lipinski definition) is 2. The van der Waals surface area contributed by atoms with Crippen molar-refractivity contribution >= 4 is 5.71 Å². The Balaban J connectivity index is 2.40. The van der Waals surface area contributed by atoms with Crippen LogP contribution in [-0.2, 0) is 0 Å². The van der Waals surface area contributed by atoms with Gasteiger partial charge in [-0.3, -0.25) is 14.9 Å². The molecule has 1 heterocycles. The molecular formula is C16H21N3O. The van der Waals surface area contributed by atoms with E-state index in [9.17, 15) is 4.79 Å². The number of hydrogen-bond donors (Lipinski definition) is 1. The van der Waals surface area contributed by atoms with E-state index in [-0.39, 0.29) is 5.56 Å². The first kappa shape index (κ1) is 14.3. The zero-order valence-corrected chi connectivity index (χ0v) is 12.3. The van der Waals surface area contributed by atoms with Gasteiger partial charge in [0.1, 0.15) is 0 Å². The summed E-state index contributed by atoms with van der Waals surface area (Å²) >= 11 is 0. The summed E-state index contributed by atoms with van der Waals surface area (Å²) in [5.41, 5.74) is 3.16. The van der Waals surface area contributed by atoms with E-state index in [1.807, 2.05) is 44.2 Å². The van der Waals surface area contributed by atoms with E-state index in [1.165, 1.54) is 0 Å². The molecule has 0 aliphatic rings. The Kier molecular flexibility index (Phi) is 4.56. The second kappa shape index (κ2) is 6.37. The highest BCUT2D eigenvalue weighted by atomic mass is 16.1. The summed E-state index contributed by atoms with van der Waals surface area (Å²) in [4.78, 5) is 17.0. The monoisotopic (exact) mass is 271 g/mol. The molecule has 0 saturated heterocycles. The van der Waals surface area contributed by atoms with Gasteiger partial charge in [0.05, 0.1) is 11.3 Å². The van der Waals surface area contributed by atoms with Crippen molar-refractivity contribution in [3.63, 3.8) is 0 Å². The molecular weight excluding hydrogens is 250 g/mol. The Hall–Kier alpha value is -2.10. The lowest BCUT2D eigenvalue weighted by Crippen LogP contribution is -2.19. The normalized spacial score (nSPS) is 11.8. The van der Waals surface area contributed by atoms with Gasteiger partial charge >= 0.3 is 0 Å². The van der Waals surface area contributed by atoms with Gasteiger partial charge in [-0.15, -0.1) is 0 Å². The summed E-state index contributed by atoms with van der Waals surface area (Å²) in [6.45, 7) is 6.73. The van der Waals surface area contributed by atoms with Gasteiger partial charge in [-0.05, 0) is 32.4 Å². The summed E-state index contributed by atoms with van der Waals surface area (Å²) in [5, 5.41) is 3.12. The molecule has 1 aromatic heterocycles. The van der Waals surface area contributed by atoms with Gasteiger partial charge in [-0.2, -0.15) is 0 Å². The average molecular weight is 271 g/mol. The zero-order valence-electron chi connectivity index (χ0n) is 12.3. The minimum atomic E-state index is -0.0357. The Morgan fingerprint density at radius 3 is 2.65 bits per heavy atom. The maximum atomic E-state index is 12.5. The molecule has 0 radical (unpaired) electrons. The Bertz CT molecular complexity index is 650. The largest absolute Gasteiger partial charge is 0.295 e. The first-order valence-electron chi connectivity index (χ1n) is 7.03. The van der Waals surface area contributed by atoms with Crippen LogP contribution in [0.4, 0.5) is 0 Å². The summed E-state index contributed by atoms with van der Waals surface area (Å²) in [6.07, 6.45) is 2.16. The number of nitrogens with zero attached hydrogens (tertiary/aromatic N) is 2. The fourth-order valence-corrected chi connectivity index (χ4v) is 2.22. The fraction of sp³-hybridized carbons (Fsp3) is 0.375. The zero-order chi connectivity index (χ0) is 14.5. The number of nitrogens with one attached hydrogen (secondary N) is 1. The molecule has 20 heavy (non-hydrogen) atoms. The van der Waals surface area contributed by atoms with Crippen LogP contribution in [0.25, 0.3) is 5.69 Å². The van der Waals surface area contributed by atoms with Gasteiger partial charge in [0.15, 0.2) is 0 Å². The summed E-state index contributed by atoms with van der Waals surface area (Å²) in [5.74, 6) is 0. The predicted octanol–water partition coefficient (Wildman–Crippen LogP) is 3.08. The third-order valence-electron chi connectivity index (χ3n) is 3.31. The third-order valence-corrected chi connectivity index (χ3v) is 3.31. The number of unbranched alkanes of at least 4 members (excludes halogenated alkanes) is 1. The molecule has 2 aromatic rings. The van der Waals surface area contributed by atoms with Crippen LogP contribution >= 0.6 is 0 Å². The Morgan fingerprint density at radius 1 is 1.30 bits per heavy atom. The third kappa shape index (κ3) is 2.90. The molecule has 0 aliphatic carbocycles. The van der Waals surface area contributed by atoms with Crippen molar-refractivity contribution in [1.82, 2.24) is 9.78 Å². The molecule has 1 N–H and O–H groups in total. The summed E-state index contributed by atoms with van der Waals surface area (Å²) in [7, 11) is 0. The van der Waals surface area contributed by atoms with Crippen LogP contribution in [0.2, 0.25) is 0 Å². The van der Waals surface area contributed by atoms with Crippen LogP contribution < -0.4 is 5.56 Å². The van der Waals surface area contributed by atoms with Crippen LogP contribution in [-0.4, -0.2) is 22.0 Å². The average Bonchev–Trinajstić information content (AvgIpc) is 2.75. The number of rotatable bonds is 5. The van der Waals surface area contributed by atoms with E-state index in [2.05, 4.69) is 17.0 Å². The molecule has 4 heteroatoms. The van der Waals surface area contributed by atoms with E-state index >= 15 is 0 Å². The Morgan fingerprint density at radius 2 is 2.00 bits per heavy atom. The standard InChI is InChI=1S/C16H21N3O/c1-4-5-11-17-12(2)15-13(3)18-19(16(15)20)14-9-7-6-8-10-14/h6-10,18H,4-5,11H2,1-3H3. The van der Waals surface area contributed by atoms with Crippen molar-refractivity contribution in [2.45, 2.75) is 33.6 Å². The summed E-state index contributed by atoms with van der Waals surface area (Å²) < 4.78 is 1.57. The molecule has 0 amide bonds. The highest BCUT2D eigenvalue weighted by Crippen LogP contribution is 2.08. The van der Waals surface area contributed by atoms with Gasteiger partial charge in [-0.1, -0.05) is 31.5 Å². The van der Waals surface area contributed by atoms with Crippen molar-refractivity contribution in [2.75, 3.05) is 6.54 Å². The molecule has 4 nitrogen and oxygen atoms in total. The quantitative estimate of drug-likeness (QED) is 0.659. The van der Waals surface area contributed by atoms with E-state index < -0.39 is 0 Å². The van der Waals surface area contributed by atoms with Crippen LogP contribution in [0.15, 0.2) is 40.1 Å². The molecule has 0 bridgehead atoms. The number of aromatic nitrogens is 2. The van der Waals surface area contributed by atoms with Gasteiger partial charge in [-0.25, -0.2) is 4.68 Å². The SMILES string of the molecule is CCCCN=C(C)c1c(C)[nH]n(-c2ccccc2)c1=O. The Labute approximate surface area is 119 Å². The molecule has 0 fully saturated rings. The number of aryl methyl sites for hydroxylation is 1. The first-order chi connectivity index (χ1) is 9.65. The van der Waals surface area contributed by atoms with Gasteiger partial charge < -0.3 is 0 Å². The predicted molar refractivity (Wildman–Crippen MR) is 83.1 cm³/mol. The van der Waals surface area contributed by atoms with E-state index in [0.29, 0.717) is 5.56 Å². The van der Waals surface area contributed by atoms with Gasteiger partial charge in [0.25, 0.3) is 5.56 Å². The molecule has 1 aromatic carbocycles. The number of benzene rings is 1. The van der Waals surface area contributed by atoms with Crippen LogP contribution in [0.5, 0.6) is 0 Å². The maximum absolute atomic E-state index is 12.5. The highest BCUT2D eigenvalue weighted by Gasteiger charge is 2.14. The second-order valence-electron chi connectivity index (χ2n) is 4.91. The lowest BCUT2D eigenvalue weighted by atomic mass is 10.2. The highest BCUT2D eigenvalue weighted by molar-refractivity contribution is 5.99. The van der Waals surface area contributed by atoms with Crippen molar-refractivity contribution in [3.8, 4) is 5.69 Å². The van der Waals surface area contributed by atoms with Crippen molar-refractivity contribution in [3.05, 3.63) is 51.9 Å². The minimum absolute atomic E-state index is 0.0357. The lowest BCUT2D eigenvalue weighted by Gasteiger charge is -1.99. The molecule has 0 spiro atoms. The molecule has 0 atom stereocenters. The fourth-order valence-electron chi connectivity index (χ4n) is 2.22. The second-order valence-corrected chi connectivity index (χ2v) is 4.91. The lowest BCUT2D eigenvalue weighted by molar-refractivity contribution is 0.807. The van der Waals surface area contributed by atoms with Crippen LogP contribution in [0.3, 0.4) is 0 Å². The number of para-hydroxylation sites is 1. The van der Waals surface area contributed by atoms with Crippen LogP contribution in [0, 0.1) is 6.92 Å². The topological polar surface area (TPSA) is 50.1 Å². The molecule has 2 rings (SSSR count). The van der Waals surface area contributed by atoms with E-state index in [1.54, 1.807) is 4.68 Å². The van der Waals surface area contributed by atoms with Gasteiger partial charge in [0.2, 0.25) is 0 Å². The molecule has 0 saturated carbocycles.